The largest absolute Gasteiger partial charge is 0.619 e. The predicted octanol–water partition coefficient (Wildman–Crippen LogP) is 1.23. The molecule has 5 N–H and O–H groups in total. The number of ketones is 1. The van der Waals surface area contributed by atoms with Crippen LogP contribution in [0.2, 0.25) is 0 Å². The van der Waals surface area contributed by atoms with E-state index in [1.807, 2.05) is 55.4 Å². The number of carbonyl (C=O) groups is 6. The van der Waals surface area contributed by atoms with Crippen molar-refractivity contribution in [2.75, 3.05) is 13.1 Å². The second-order valence-electron chi connectivity index (χ2n) is 17.1. The summed E-state index contributed by atoms with van der Waals surface area (Å²) in [4.78, 5) is 82.6. The minimum absolute atomic E-state index is 0.0545. The standard InChI is InChI=1S/C35H51N7O7/c1-33(2,3)23(17-40-14-19-15-41(49)12-11-20(19)30(40)46)38-32(48)39-27(34(4,5)6)31(47)42-16-21-24(35(21,7)8)25(42)29(45)37-22(13-18-9-10-18)26(43)28(36)44/h11-12,15,18,21-25,27H,9-10,13-14,16-17H2,1-8H3,(H2,36,44)(H,37,45)(H2,38,39,48)/t21-,22?,23+,24-,25-,27+/m0/s1. The van der Waals surface area contributed by atoms with Crippen LogP contribution in [0.15, 0.2) is 18.5 Å². The van der Waals surface area contributed by atoms with Crippen LogP contribution in [0.5, 0.6) is 0 Å². The number of piperidine rings is 1. The highest BCUT2D eigenvalue weighted by molar-refractivity contribution is 6.37. The molecule has 4 aliphatic rings. The highest BCUT2D eigenvalue weighted by Gasteiger charge is 2.70. The summed E-state index contributed by atoms with van der Waals surface area (Å²) in [7, 11) is 0. The molecule has 1 aromatic rings. The van der Waals surface area contributed by atoms with Crippen molar-refractivity contribution in [2.24, 2.45) is 39.7 Å². The molecule has 2 aliphatic carbocycles. The number of pyridine rings is 1. The van der Waals surface area contributed by atoms with Crippen LogP contribution in [0.25, 0.3) is 0 Å². The first-order valence-corrected chi connectivity index (χ1v) is 17.1. The van der Waals surface area contributed by atoms with Crippen molar-refractivity contribution in [1.82, 2.24) is 25.8 Å². The Morgan fingerprint density at radius 1 is 1.04 bits per heavy atom. The van der Waals surface area contributed by atoms with Gasteiger partial charge in [0.05, 0.1) is 24.2 Å². The van der Waals surface area contributed by atoms with E-state index in [0.717, 1.165) is 12.8 Å². The van der Waals surface area contributed by atoms with Crippen LogP contribution in [0.1, 0.15) is 90.6 Å². The van der Waals surface area contributed by atoms with E-state index in [4.69, 9.17) is 5.73 Å². The van der Waals surface area contributed by atoms with Crippen LogP contribution >= 0.6 is 0 Å². The van der Waals surface area contributed by atoms with Crippen LogP contribution in [0.3, 0.4) is 0 Å². The molecule has 49 heavy (non-hydrogen) atoms. The first kappa shape index (κ1) is 36.1. The number of Topliss-reactive ketones (excluding diaryl/α,β-unsaturated/α-hetero) is 1. The van der Waals surface area contributed by atoms with Gasteiger partial charge in [-0.15, -0.1) is 0 Å². The lowest BCUT2D eigenvalue weighted by Crippen LogP contribution is -2.62. The maximum absolute atomic E-state index is 14.4. The molecule has 3 heterocycles. The van der Waals surface area contributed by atoms with Crippen LogP contribution in [-0.2, 0) is 25.7 Å². The van der Waals surface area contributed by atoms with E-state index in [9.17, 15) is 34.0 Å². The SMILES string of the molecule is CC(C)(C)[C@H](NC(=O)N[C@H](CN1Cc2c[n+]([O-])ccc2C1=O)C(C)(C)C)C(=O)N1C[C@H]2[C@@H]([C@H]1C(=O)NC(CC1CC1)C(=O)C(N)=O)C2(C)C. The van der Waals surface area contributed by atoms with Crippen LogP contribution in [0, 0.1) is 39.2 Å². The molecule has 0 aromatic carbocycles. The fraction of sp³-hybridized carbons (Fsp3) is 0.686. The molecule has 2 saturated carbocycles. The van der Waals surface area contributed by atoms with Crippen LogP contribution in [-0.4, -0.2) is 82.5 Å². The van der Waals surface area contributed by atoms with E-state index in [-0.39, 0.29) is 42.2 Å². The van der Waals surface area contributed by atoms with Gasteiger partial charge in [0.25, 0.3) is 11.8 Å². The zero-order valence-corrected chi connectivity index (χ0v) is 29.8. The van der Waals surface area contributed by atoms with Crippen LogP contribution < -0.4 is 26.4 Å². The number of hydrogen-bond donors (Lipinski definition) is 4. The van der Waals surface area contributed by atoms with Gasteiger partial charge in [-0.05, 0) is 40.4 Å². The normalized spacial score (nSPS) is 24.3. The Hall–Kier alpha value is -4.23. The van der Waals surface area contributed by atoms with E-state index >= 15 is 0 Å². The van der Waals surface area contributed by atoms with Gasteiger partial charge in [-0.1, -0.05) is 68.2 Å². The third-order valence-corrected chi connectivity index (χ3v) is 10.9. The predicted molar refractivity (Wildman–Crippen MR) is 178 cm³/mol. The number of nitrogens with zero attached hydrogens (tertiary/aromatic N) is 3. The molecule has 0 bridgehead atoms. The van der Waals surface area contributed by atoms with E-state index in [0.29, 0.717) is 28.8 Å². The number of urea groups is 1. The Labute approximate surface area is 287 Å². The molecule has 14 heteroatoms. The summed E-state index contributed by atoms with van der Waals surface area (Å²) in [5.41, 5.74) is 4.91. The molecule has 268 valence electrons. The number of likely N-dealkylation sites (tertiary alicyclic amines) is 1. The Kier molecular flexibility index (Phi) is 9.26. The fourth-order valence-corrected chi connectivity index (χ4v) is 7.51. The lowest BCUT2D eigenvalue weighted by molar-refractivity contribution is -0.605. The molecule has 0 spiro atoms. The van der Waals surface area contributed by atoms with Crippen molar-refractivity contribution in [2.45, 2.75) is 105 Å². The summed E-state index contributed by atoms with van der Waals surface area (Å²) in [6, 6.07) is -2.59. The second-order valence-corrected chi connectivity index (χ2v) is 17.1. The number of nitrogens with one attached hydrogen (secondary N) is 3. The molecule has 0 radical (unpaired) electrons. The molecule has 6 atom stereocenters. The van der Waals surface area contributed by atoms with Gasteiger partial charge in [0.1, 0.15) is 12.1 Å². The Morgan fingerprint density at radius 2 is 1.69 bits per heavy atom. The number of primary amides is 1. The average Bonchev–Trinajstić information content (AvgIpc) is 3.79. The highest BCUT2D eigenvalue weighted by Crippen LogP contribution is 2.65. The number of rotatable bonds is 11. The van der Waals surface area contributed by atoms with Gasteiger partial charge in [-0.25, -0.2) is 4.79 Å². The highest BCUT2D eigenvalue weighted by atomic mass is 16.5. The van der Waals surface area contributed by atoms with Crippen molar-refractivity contribution < 1.29 is 33.5 Å². The van der Waals surface area contributed by atoms with Gasteiger partial charge in [-0.3, -0.25) is 24.0 Å². The summed E-state index contributed by atoms with van der Waals surface area (Å²) in [6.07, 6.45) is 4.79. The Bertz CT molecular complexity index is 1560. The molecule has 1 saturated heterocycles. The smallest absolute Gasteiger partial charge is 0.315 e. The quantitative estimate of drug-likeness (QED) is 0.153. The van der Waals surface area contributed by atoms with Gasteiger partial charge < -0.3 is 36.7 Å². The van der Waals surface area contributed by atoms with Gasteiger partial charge in [0.15, 0.2) is 12.4 Å². The molecule has 6 amide bonds. The molecule has 3 fully saturated rings. The fourth-order valence-electron chi connectivity index (χ4n) is 7.51. The summed E-state index contributed by atoms with van der Waals surface area (Å²) < 4.78 is 0.651. The maximum atomic E-state index is 14.4. The van der Waals surface area contributed by atoms with E-state index in [1.165, 1.54) is 23.4 Å². The first-order chi connectivity index (χ1) is 22.6. The maximum Gasteiger partial charge on any atom is 0.315 e. The van der Waals surface area contributed by atoms with Crippen molar-refractivity contribution in [3.05, 3.63) is 34.8 Å². The third kappa shape index (κ3) is 7.37. The number of nitrogens with two attached hydrogens (primary N) is 1. The van der Waals surface area contributed by atoms with Crippen molar-refractivity contribution in [3.8, 4) is 0 Å². The molecule has 1 unspecified atom stereocenters. The second kappa shape index (κ2) is 12.6. The summed E-state index contributed by atoms with van der Waals surface area (Å²) in [5.74, 6) is -2.99. The molecule has 14 nitrogen and oxygen atoms in total. The lowest BCUT2D eigenvalue weighted by Gasteiger charge is -2.39. The summed E-state index contributed by atoms with van der Waals surface area (Å²) in [5, 5.41) is 20.4. The average molecular weight is 682 g/mol. The van der Waals surface area contributed by atoms with E-state index in [2.05, 4.69) is 16.0 Å². The van der Waals surface area contributed by atoms with Gasteiger partial charge >= 0.3 is 6.03 Å². The Balaban J connectivity index is 1.31. The minimum Gasteiger partial charge on any atom is -0.619 e. The number of aromatic nitrogens is 1. The van der Waals surface area contributed by atoms with Crippen molar-refractivity contribution in [1.29, 1.82) is 0 Å². The number of carbonyl (C=O) groups excluding carboxylic acids is 6. The summed E-state index contributed by atoms with van der Waals surface area (Å²) >= 11 is 0. The molecular formula is C35H51N7O7. The van der Waals surface area contributed by atoms with E-state index in [1.54, 1.807) is 4.90 Å². The van der Waals surface area contributed by atoms with Crippen molar-refractivity contribution in [3.63, 3.8) is 0 Å². The zero-order valence-electron chi connectivity index (χ0n) is 29.8. The van der Waals surface area contributed by atoms with Gasteiger partial charge in [-0.2, -0.15) is 4.73 Å². The number of hydrogen-bond acceptors (Lipinski definition) is 7. The topological polar surface area (TPSA) is 198 Å². The number of fused-ring (bicyclic) bond motifs is 2. The van der Waals surface area contributed by atoms with Gasteiger partial charge in [0.2, 0.25) is 17.6 Å². The van der Waals surface area contributed by atoms with Gasteiger partial charge in [0, 0.05) is 24.7 Å². The van der Waals surface area contributed by atoms with E-state index < -0.39 is 64.5 Å². The molecular weight excluding hydrogens is 630 g/mol. The Morgan fingerprint density at radius 3 is 2.27 bits per heavy atom. The molecule has 2 aliphatic heterocycles. The van der Waals surface area contributed by atoms with Crippen LogP contribution in [0.4, 0.5) is 4.79 Å². The molecule has 5 rings (SSSR count). The monoisotopic (exact) mass is 681 g/mol. The first-order valence-electron chi connectivity index (χ1n) is 17.1. The lowest BCUT2D eigenvalue weighted by atomic mass is 9.85. The molecule has 1 aromatic heterocycles. The number of amides is 6. The van der Waals surface area contributed by atoms with Crippen molar-refractivity contribution >= 4 is 35.4 Å². The minimum atomic E-state index is -1.11. The summed E-state index contributed by atoms with van der Waals surface area (Å²) in [6.45, 7) is 16.1. The zero-order chi connectivity index (χ0) is 36.4. The third-order valence-electron chi connectivity index (χ3n) is 10.9.